The Morgan fingerprint density at radius 2 is 1.30 bits per heavy atom. The van der Waals surface area contributed by atoms with Crippen molar-refractivity contribution in [2.45, 2.75) is 69.0 Å². The van der Waals surface area contributed by atoms with E-state index in [0.29, 0.717) is 11.1 Å². The van der Waals surface area contributed by atoms with Crippen LogP contribution in [-0.2, 0) is 31.1 Å². The topological polar surface area (TPSA) is 113 Å². The van der Waals surface area contributed by atoms with Crippen LogP contribution in [0.5, 0.6) is 0 Å². The molecular formula is C47H48O7. The van der Waals surface area contributed by atoms with Gasteiger partial charge in [0.1, 0.15) is 16.8 Å². The third-order valence-electron chi connectivity index (χ3n) is 13.3. The normalized spacial score (nSPS) is 32.3. The Morgan fingerprint density at radius 3 is 1.81 bits per heavy atom. The highest BCUT2D eigenvalue weighted by Crippen LogP contribution is 2.76. The Balaban J connectivity index is 1.24. The maximum atomic E-state index is 14.0. The van der Waals surface area contributed by atoms with E-state index in [1.54, 1.807) is 19.9 Å². The van der Waals surface area contributed by atoms with Crippen LogP contribution in [0.15, 0.2) is 145 Å². The van der Waals surface area contributed by atoms with Crippen molar-refractivity contribution in [3.63, 3.8) is 0 Å². The van der Waals surface area contributed by atoms with Crippen LogP contribution < -0.4 is 0 Å². The number of carbonyl (C=O) groups is 2. The predicted molar refractivity (Wildman–Crippen MR) is 205 cm³/mol. The van der Waals surface area contributed by atoms with Crippen molar-refractivity contribution in [1.82, 2.24) is 0 Å². The lowest BCUT2D eigenvalue weighted by atomic mass is 9.59. The standard InChI is InChI=1S/C47H48O7/c1-30-25-38-44(51,41(30)49)28-33(29-53-46(34-19-11-6-12-20-34,35-21-13-7-14-22-35)36-23-15-8-16-24-36)26-37-40-43(3,4)47(40,42(50)31(2)45(37,38)52)54-39(48)27-32-17-9-5-10-18-32/h5-26,31,37-38,40,42,50-52H,27-29H2,1-4H3/t31-,37+,38-,40-,42-,44-,45-,47-/m1/s1. The molecule has 3 N–H and O–H groups in total. The molecule has 0 bridgehead atoms. The van der Waals surface area contributed by atoms with Gasteiger partial charge in [-0.05, 0) is 40.3 Å². The van der Waals surface area contributed by atoms with Gasteiger partial charge in [-0.3, -0.25) is 9.59 Å². The number of aliphatic hydroxyl groups is 3. The van der Waals surface area contributed by atoms with Crippen LogP contribution >= 0.6 is 0 Å². The minimum Gasteiger partial charge on any atom is -0.455 e. The van der Waals surface area contributed by atoms with Crippen LogP contribution in [0, 0.1) is 29.1 Å². The fraction of sp³-hybridized carbons (Fsp3) is 0.362. The first-order valence-corrected chi connectivity index (χ1v) is 18.9. The highest BCUT2D eigenvalue weighted by molar-refractivity contribution is 6.04. The minimum absolute atomic E-state index is 0.0114. The first-order chi connectivity index (χ1) is 25.8. The van der Waals surface area contributed by atoms with Crippen molar-refractivity contribution in [1.29, 1.82) is 0 Å². The van der Waals surface area contributed by atoms with Gasteiger partial charge in [-0.1, -0.05) is 154 Å². The molecule has 7 heteroatoms. The summed E-state index contributed by atoms with van der Waals surface area (Å²) in [6, 6.07) is 39.3. The van der Waals surface area contributed by atoms with E-state index in [0.717, 1.165) is 22.3 Å². The molecule has 4 aliphatic rings. The summed E-state index contributed by atoms with van der Waals surface area (Å²) in [6.45, 7) is 7.34. The van der Waals surface area contributed by atoms with Crippen molar-refractivity contribution in [2.24, 2.45) is 29.1 Å². The molecule has 7 nitrogen and oxygen atoms in total. The van der Waals surface area contributed by atoms with Gasteiger partial charge in [0.25, 0.3) is 0 Å². The second kappa shape index (κ2) is 13.0. The van der Waals surface area contributed by atoms with Crippen molar-refractivity contribution in [3.8, 4) is 0 Å². The second-order valence-electron chi connectivity index (χ2n) is 16.4. The van der Waals surface area contributed by atoms with Gasteiger partial charge in [-0.25, -0.2) is 0 Å². The summed E-state index contributed by atoms with van der Waals surface area (Å²) in [4.78, 5) is 27.6. The summed E-state index contributed by atoms with van der Waals surface area (Å²) < 4.78 is 13.6. The van der Waals surface area contributed by atoms with Gasteiger partial charge in [0.15, 0.2) is 5.78 Å². The number of ether oxygens (including phenoxy) is 2. The highest BCUT2D eigenvalue weighted by Gasteiger charge is 2.86. The van der Waals surface area contributed by atoms with Crippen molar-refractivity contribution >= 4 is 11.8 Å². The van der Waals surface area contributed by atoms with Gasteiger partial charge in [0.05, 0.1) is 24.7 Å². The van der Waals surface area contributed by atoms with Gasteiger partial charge in [-0.15, -0.1) is 0 Å². The molecule has 0 radical (unpaired) electrons. The van der Waals surface area contributed by atoms with Gasteiger partial charge < -0.3 is 24.8 Å². The molecular weight excluding hydrogens is 677 g/mol. The highest BCUT2D eigenvalue weighted by atomic mass is 16.6. The van der Waals surface area contributed by atoms with Gasteiger partial charge in [0, 0.05) is 35.5 Å². The molecule has 54 heavy (non-hydrogen) atoms. The Kier molecular flexibility index (Phi) is 8.73. The molecule has 0 unspecified atom stereocenters. The lowest BCUT2D eigenvalue weighted by Crippen LogP contribution is -2.65. The summed E-state index contributed by atoms with van der Waals surface area (Å²) in [5, 5.41) is 37.9. The molecule has 8 atom stereocenters. The Morgan fingerprint density at radius 1 is 0.796 bits per heavy atom. The van der Waals surface area contributed by atoms with Crippen molar-refractivity contribution in [3.05, 3.63) is 167 Å². The van der Waals surface area contributed by atoms with Crippen LogP contribution in [0.2, 0.25) is 0 Å². The van der Waals surface area contributed by atoms with E-state index in [9.17, 15) is 24.9 Å². The molecule has 2 fully saturated rings. The number of rotatable bonds is 9. The van der Waals surface area contributed by atoms with E-state index in [1.807, 2.05) is 141 Å². The molecule has 2 saturated carbocycles. The lowest BCUT2D eigenvalue weighted by Gasteiger charge is -2.52. The zero-order valence-corrected chi connectivity index (χ0v) is 31.2. The first kappa shape index (κ1) is 36.3. The second-order valence-corrected chi connectivity index (χ2v) is 16.4. The SMILES string of the molecule is CC1=C[C@H]2[C@@]3(O)[C@H](C)[C@@H](O)[C@]4(OC(=O)Cc5ccccc5)[C@H]([C@@H]3C=C(COC(c3ccccc3)(c3ccccc3)c3ccccc3)C[C@]2(O)C1=O)C4(C)C. The number of ketones is 1. The fourth-order valence-corrected chi connectivity index (χ4v) is 10.6. The summed E-state index contributed by atoms with van der Waals surface area (Å²) in [6.07, 6.45) is 2.34. The maximum absolute atomic E-state index is 14.0. The molecule has 8 rings (SSSR count). The number of fused-ring (bicyclic) bond motifs is 5. The average Bonchev–Trinajstić information content (AvgIpc) is 3.61. The number of Topliss-reactive ketones (excluding diaryl/α,β-unsaturated/α-hetero) is 1. The van der Waals surface area contributed by atoms with E-state index in [1.165, 1.54) is 0 Å². The van der Waals surface area contributed by atoms with Crippen LogP contribution in [0.4, 0.5) is 0 Å². The van der Waals surface area contributed by atoms with Gasteiger partial charge in [0.2, 0.25) is 0 Å². The zero-order chi connectivity index (χ0) is 38.1. The van der Waals surface area contributed by atoms with Crippen LogP contribution in [0.25, 0.3) is 0 Å². The molecule has 0 spiro atoms. The summed E-state index contributed by atoms with van der Waals surface area (Å²) in [5.74, 6) is -4.04. The van der Waals surface area contributed by atoms with E-state index >= 15 is 0 Å². The quantitative estimate of drug-likeness (QED) is 0.0996. The number of hydrogen-bond donors (Lipinski definition) is 3. The monoisotopic (exact) mass is 724 g/mol. The number of esters is 1. The smallest absolute Gasteiger partial charge is 0.310 e. The lowest BCUT2D eigenvalue weighted by molar-refractivity contribution is -0.219. The van der Waals surface area contributed by atoms with Crippen LogP contribution in [0.1, 0.15) is 56.4 Å². The maximum Gasteiger partial charge on any atom is 0.310 e. The molecule has 0 amide bonds. The van der Waals surface area contributed by atoms with E-state index < -0.39 is 69.3 Å². The zero-order valence-electron chi connectivity index (χ0n) is 31.2. The van der Waals surface area contributed by atoms with E-state index in [4.69, 9.17) is 9.47 Å². The number of benzene rings is 4. The number of aliphatic hydroxyl groups excluding tert-OH is 1. The largest absolute Gasteiger partial charge is 0.455 e. The Labute approximate surface area is 317 Å². The van der Waals surface area contributed by atoms with Crippen molar-refractivity contribution < 1.29 is 34.4 Å². The van der Waals surface area contributed by atoms with Crippen LogP contribution in [0.3, 0.4) is 0 Å². The first-order valence-electron chi connectivity index (χ1n) is 18.9. The molecule has 0 aromatic heterocycles. The van der Waals surface area contributed by atoms with Gasteiger partial charge in [-0.2, -0.15) is 0 Å². The molecule has 4 aromatic carbocycles. The third-order valence-corrected chi connectivity index (χ3v) is 13.3. The fourth-order valence-electron chi connectivity index (χ4n) is 10.6. The Bertz CT molecular complexity index is 2010. The molecule has 0 saturated heterocycles. The predicted octanol–water partition coefficient (Wildman–Crippen LogP) is 6.74. The molecule has 4 aromatic rings. The summed E-state index contributed by atoms with van der Waals surface area (Å²) in [5.41, 5.74) is -2.35. The molecule has 0 aliphatic heterocycles. The molecule has 278 valence electrons. The molecule has 4 aliphatic carbocycles. The third kappa shape index (κ3) is 5.16. The number of carbonyl (C=O) groups excluding carboxylic acids is 2. The Hall–Kier alpha value is -4.66. The van der Waals surface area contributed by atoms with Crippen LogP contribution in [-0.4, -0.2) is 56.6 Å². The van der Waals surface area contributed by atoms with E-state index in [2.05, 4.69) is 0 Å². The van der Waals surface area contributed by atoms with E-state index in [-0.39, 0.29) is 19.4 Å². The number of hydrogen-bond acceptors (Lipinski definition) is 7. The van der Waals surface area contributed by atoms with Crippen molar-refractivity contribution in [2.75, 3.05) is 6.61 Å². The summed E-state index contributed by atoms with van der Waals surface area (Å²) >= 11 is 0. The minimum atomic E-state index is -1.98. The van der Waals surface area contributed by atoms with Gasteiger partial charge >= 0.3 is 5.97 Å². The average molecular weight is 725 g/mol. The summed E-state index contributed by atoms with van der Waals surface area (Å²) in [7, 11) is 0. The molecule has 0 heterocycles.